The summed E-state index contributed by atoms with van der Waals surface area (Å²) in [5, 5.41) is 0.570. The Kier molecular flexibility index (Phi) is 6.96. The van der Waals surface area contributed by atoms with Crippen LogP contribution in [0.5, 0.6) is 17.2 Å². The first-order chi connectivity index (χ1) is 16.5. The predicted octanol–water partition coefficient (Wildman–Crippen LogP) is 3.07. The maximum Gasteiger partial charge on any atom is 0.261 e. The first-order valence-corrected chi connectivity index (χ1v) is 11.0. The molecule has 0 bridgehead atoms. The van der Waals surface area contributed by atoms with Crippen LogP contribution in [0.1, 0.15) is 11.4 Å². The summed E-state index contributed by atoms with van der Waals surface area (Å²) < 4.78 is 19.1. The zero-order valence-electron chi connectivity index (χ0n) is 19.5. The van der Waals surface area contributed by atoms with Crippen molar-refractivity contribution in [2.45, 2.75) is 25.9 Å². The summed E-state index contributed by atoms with van der Waals surface area (Å²) in [6, 6.07) is 16.2. The highest BCUT2D eigenvalue weighted by atomic mass is 16.5. The first-order valence-electron chi connectivity index (χ1n) is 11.0. The summed E-state index contributed by atoms with van der Waals surface area (Å²) in [4.78, 5) is 30.5. The molecule has 2 aromatic heterocycles. The second-order valence-corrected chi connectivity index (χ2v) is 7.79. The molecule has 0 N–H and O–H groups in total. The van der Waals surface area contributed by atoms with E-state index in [2.05, 4.69) is 0 Å². The van der Waals surface area contributed by atoms with Crippen LogP contribution in [-0.4, -0.2) is 35.4 Å². The number of nitrogens with zero attached hydrogens (tertiary/aromatic N) is 3. The summed E-state index contributed by atoms with van der Waals surface area (Å²) in [7, 11) is 4.71. The molecule has 0 radical (unpaired) electrons. The Morgan fingerprint density at radius 1 is 0.824 bits per heavy atom. The van der Waals surface area contributed by atoms with Gasteiger partial charge in [-0.15, -0.1) is 0 Å². The third-order valence-electron chi connectivity index (χ3n) is 5.79. The first kappa shape index (κ1) is 23.1. The van der Waals surface area contributed by atoms with Crippen molar-refractivity contribution < 1.29 is 14.2 Å². The van der Waals surface area contributed by atoms with Crippen LogP contribution in [0.25, 0.3) is 10.9 Å². The molecule has 0 fully saturated rings. The fourth-order valence-electron chi connectivity index (χ4n) is 3.93. The highest BCUT2D eigenvalue weighted by Gasteiger charge is 2.13. The van der Waals surface area contributed by atoms with Gasteiger partial charge in [0.2, 0.25) is 0 Å². The molecule has 2 aromatic carbocycles. The number of pyridine rings is 1. The third kappa shape index (κ3) is 4.80. The van der Waals surface area contributed by atoms with Gasteiger partial charge in [0, 0.05) is 31.8 Å². The molecule has 8 heteroatoms. The van der Waals surface area contributed by atoms with Crippen molar-refractivity contribution in [2.24, 2.45) is 0 Å². The van der Waals surface area contributed by atoms with Crippen molar-refractivity contribution in [1.29, 1.82) is 0 Å². The van der Waals surface area contributed by atoms with E-state index in [-0.39, 0.29) is 11.1 Å². The van der Waals surface area contributed by atoms with Gasteiger partial charge in [0.1, 0.15) is 11.6 Å². The molecule has 0 aliphatic heterocycles. The number of hydrogen-bond acceptors (Lipinski definition) is 6. The average molecular weight is 462 g/mol. The van der Waals surface area contributed by atoms with Crippen molar-refractivity contribution in [3.8, 4) is 17.2 Å². The van der Waals surface area contributed by atoms with Gasteiger partial charge in [-0.1, -0.05) is 18.2 Å². The molecule has 4 rings (SSSR count). The van der Waals surface area contributed by atoms with Crippen LogP contribution in [0.4, 0.5) is 0 Å². The van der Waals surface area contributed by atoms with Crippen LogP contribution in [0.3, 0.4) is 0 Å². The van der Waals surface area contributed by atoms with E-state index in [1.165, 1.54) is 13.2 Å². The second-order valence-electron chi connectivity index (χ2n) is 7.79. The Labute approximate surface area is 197 Å². The molecular formula is C26H27N3O5. The highest BCUT2D eigenvalue weighted by Crippen LogP contribution is 2.27. The maximum atomic E-state index is 13.3. The smallest absolute Gasteiger partial charge is 0.261 e. The number of aryl methyl sites for hydroxylation is 3. The fourth-order valence-corrected chi connectivity index (χ4v) is 3.93. The van der Waals surface area contributed by atoms with Crippen molar-refractivity contribution in [3.05, 3.63) is 92.9 Å². The van der Waals surface area contributed by atoms with Gasteiger partial charge in [-0.3, -0.25) is 14.2 Å². The molecule has 0 saturated heterocycles. The zero-order chi connectivity index (χ0) is 24.1. The number of fused-ring (bicyclic) bond motifs is 1. The topological polar surface area (TPSA) is 84.6 Å². The molecule has 4 aromatic rings. The number of benzene rings is 2. The molecule has 34 heavy (non-hydrogen) atoms. The van der Waals surface area contributed by atoms with E-state index in [1.807, 2.05) is 36.4 Å². The van der Waals surface area contributed by atoms with Gasteiger partial charge in [-0.25, -0.2) is 4.98 Å². The molecule has 0 aliphatic carbocycles. The molecule has 8 nitrogen and oxygen atoms in total. The van der Waals surface area contributed by atoms with Crippen LogP contribution < -0.4 is 25.3 Å². The molecule has 0 aliphatic rings. The number of ether oxygens (including phenoxy) is 3. The monoisotopic (exact) mass is 461 g/mol. The number of aromatic nitrogens is 3. The Morgan fingerprint density at radius 2 is 1.62 bits per heavy atom. The number of hydrogen-bond donors (Lipinski definition) is 0. The van der Waals surface area contributed by atoms with Crippen LogP contribution >= 0.6 is 0 Å². The minimum atomic E-state index is -0.167. The molecule has 2 heterocycles. The van der Waals surface area contributed by atoms with E-state index in [4.69, 9.17) is 19.2 Å². The summed E-state index contributed by atoms with van der Waals surface area (Å²) in [6.07, 6.45) is 2.72. The lowest BCUT2D eigenvalue weighted by Gasteiger charge is -2.15. The van der Waals surface area contributed by atoms with Gasteiger partial charge in [-0.2, -0.15) is 0 Å². The van der Waals surface area contributed by atoms with Gasteiger partial charge >= 0.3 is 0 Å². The molecule has 0 atom stereocenters. The van der Waals surface area contributed by atoms with Gasteiger partial charge in [-0.05, 0) is 42.3 Å². The van der Waals surface area contributed by atoms with E-state index in [1.54, 1.807) is 41.7 Å². The summed E-state index contributed by atoms with van der Waals surface area (Å²) in [6.45, 7) is 0.836. The van der Waals surface area contributed by atoms with Crippen molar-refractivity contribution in [3.63, 3.8) is 0 Å². The van der Waals surface area contributed by atoms with E-state index in [0.29, 0.717) is 59.9 Å². The van der Waals surface area contributed by atoms with Gasteiger partial charge in [0.05, 0.1) is 32.2 Å². The number of methoxy groups -OCH3 is 3. The predicted molar refractivity (Wildman–Crippen MR) is 130 cm³/mol. The van der Waals surface area contributed by atoms with Crippen molar-refractivity contribution in [1.82, 2.24) is 14.1 Å². The number of rotatable bonds is 9. The second kappa shape index (κ2) is 10.2. The normalized spacial score (nSPS) is 10.9. The minimum Gasteiger partial charge on any atom is -0.497 e. The average Bonchev–Trinajstić information content (AvgIpc) is 2.87. The largest absolute Gasteiger partial charge is 0.497 e. The van der Waals surface area contributed by atoms with Crippen LogP contribution in [-0.2, 0) is 25.9 Å². The van der Waals surface area contributed by atoms with Crippen LogP contribution in [0.2, 0.25) is 0 Å². The third-order valence-corrected chi connectivity index (χ3v) is 5.79. The standard InChI is InChI=1S/C26H27N3O5/c1-32-19-11-13-28(25(30)17-19)14-12-24-27-21-7-5-4-6-20(21)26(31)29(24)15-10-18-8-9-22(33-2)23(16-18)34-3/h4-9,11,13,16-17H,10,12,14-15H2,1-3H3. The molecule has 0 saturated carbocycles. The minimum absolute atomic E-state index is 0.0943. The van der Waals surface area contributed by atoms with Gasteiger partial charge in [0.25, 0.3) is 11.1 Å². The van der Waals surface area contributed by atoms with Crippen molar-refractivity contribution >= 4 is 10.9 Å². The maximum absolute atomic E-state index is 13.3. The molecule has 0 spiro atoms. The van der Waals surface area contributed by atoms with Gasteiger partial charge < -0.3 is 18.8 Å². The zero-order valence-corrected chi connectivity index (χ0v) is 19.5. The number of para-hydroxylation sites is 1. The SMILES string of the molecule is COc1ccn(CCc2nc3ccccc3c(=O)n2CCc2ccc(OC)c(OC)c2)c(=O)c1. The Morgan fingerprint density at radius 3 is 2.35 bits per heavy atom. The van der Waals surface area contributed by atoms with Gasteiger partial charge in [0.15, 0.2) is 11.5 Å². The lowest BCUT2D eigenvalue weighted by atomic mass is 10.1. The molecule has 176 valence electrons. The Hall–Kier alpha value is -4.07. The highest BCUT2D eigenvalue weighted by molar-refractivity contribution is 5.77. The fraction of sp³-hybridized carbons (Fsp3) is 0.269. The van der Waals surface area contributed by atoms with E-state index < -0.39 is 0 Å². The molecule has 0 amide bonds. The van der Waals surface area contributed by atoms with Crippen molar-refractivity contribution in [2.75, 3.05) is 21.3 Å². The quantitative estimate of drug-likeness (QED) is 0.381. The Bertz CT molecular complexity index is 1420. The summed E-state index contributed by atoms with van der Waals surface area (Å²) >= 11 is 0. The Balaban J connectivity index is 1.65. The van der Waals surface area contributed by atoms with Crippen LogP contribution in [0, 0.1) is 0 Å². The van der Waals surface area contributed by atoms with E-state index >= 15 is 0 Å². The van der Waals surface area contributed by atoms with E-state index in [0.717, 1.165) is 5.56 Å². The van der Waals surface area contributed by atoms with Crippen LogP contribution in [0.15, 0.2) is 70.4 Å². The lowest BCUT2D eigenvalue weighted by Crippen LogP contribution is -2.28. The molecule has 0 unspecified atom stereocenters. The lowest BCUT2D eigenvalue weighted by molar-refractivity contribution is 0.354. The molecular weight excluding hydrogens is 434 g/mol. The summed E-state index contributed by atoms with van der Waals surface area (Å²) in [5.74, 6) is 2.44. The summed E-state index contributed by atoms with van der Waals surface area (Å²) in [5.41, 5.74) is 1.39. The van der Waals surface area contributed by atoms with E-state index in [9.17, 15) is 9.59 Å².